The third kappa shape index (κ3) is 3.77. The van der Waals surface area contributed by atoms with E-state index in [9.17, 15) is 9.59 Å². The number of rotatable bonds is 5. The Morgan fingerprint density at radius 1 is 1.30 bits per heavy atom. The monoisotopic (exact) mass is 293 g/mol. The second kappa shape index (κ2) is 6.47. The van der Waals surface area contributed by atoms with Crippen LogP contribution in [-0.4, -0.2) is 16.8 Å². The zero-order chi connectivity index (χ0) is 15.3. The van der Waals surface area contributed by atoms with Gasteiger partial charge in [0, 0.05) is 18.3 Å². The topological polar surface area (TPSA) is 84.2 Å². The molecule has 0 radical (unpaired) electrons. The number of thiocarbonyl (C=S) groups is 1. The van der Waals surface area contributed by atoms with Crippen LogP contribution < -0.4 is 16.4 Å². The Bertz CT molecular complexity index is 545. The second-order valence-electron chi connectivity index (χ2n) is 4.77. The van der Waals surface area contributed by atoms with Crippen LogP contribution in [0, 0.1) is 5.41 Å². The van der Waals surface area contributed by atoms with Crippen LogP contribution in [0.2, 0.25) is 0 Å². The minimum atomic E-state index is -0.890. The summed E-state index contributed by atoms with van der Waals surface area (Å²) in [4.78, 5) is 23.4. The van der Waals surface area contributed by atoms with Gasteiger partial charge in [-0.15, -0.1) is 0 Å². The molecule has 0 fully saturated rings. The highest BCUT2D eigenvalue weighted by Gasteiger charge is 2.34. The Morgan fingerprint density at radius 3 is 2.30 bits per heavy atom. The van der Waals surface area contributed by atoms with Crippen LogP contribution >= 0.6 is 12.2 Å². The van der Waals surface area contributed by atoms with Crippen molar-refractivity contribution < 1.29 is 9.59 Å². The number of hydrogen-bond donors (Lipinski definition) is 3. The normalized spacial score (nSPS) is 13.2. The molecule has 1 rings (SSSR count). The third-order valence-corrected chi connectivity index (χ3v) is 3.64. The predicted molar refractivity (Wildman–Crippen MR) is 84.6 cm³/mol. The molecule has 0 aliphatic carbocycles. The van der Waals surface area contributed by atoms with Crippen molar-refractivity contribution in [3.63, 3.8) is 0 Å². The highest BCUT2D eigenvalue weighted by molar-refractivity contribution is 7.80. The average Bonchev–Trinajstić information content (AvgIpc) is 2.36. The molecule has 108 valence electrons. The maximum atomic E-state index is 12.3. The molecule has 0 aliphatic rings. The third-order valence-electron chi connectivity index (χ3n) is 3.19. The van der Waals surface area contributed by atoms with Crippen molar-refractivity contribution in [2.75, 3.05) is 10.6 Å². The molecule has 1 unspecified atom stereocenters. The summed E-state index contributed by atoms with van der Waals surface area (Å²) in [6.45, 7) is 4.99. The molecule has 1 aromatic rings. The van der Waals surface area contributed by atoms with Crippen LogP contribution in [0.1, 0.15) is 27.2 Å². The number of benzene rings is 1. The molecule has 0 saturated heterocycles. The summed E-state index contributed by atoms with van der Waals surface area (Å²) in [6.07, 6.45) is 0.513. The molecule has 0 aliphatic heterocycles. The van der Waals surface area contributed by atoms with E-state index in [1.807, 2.05) is 6.92 Å². The van der Waals surface area contributed by atoms with Crippen LogP contribution in [0.25, 0.3) is 0 Å². The Morgan fingerprint density at radius 2 is 1.85 bits per heavy atom. The summed E-state index contributed by atoms with van der Waals surface area (Å²) in [5, 5.41) is 5.42. The molecule has 20 heavy (non-hydrogen) atoms. The Balaban J connectivity index is 2.90. The van der Waals surface area contributed by atoms with Crippen LogP contribution in [0.3, 0.4) is 0 Å². The molecule has 2 amide bonds. The first-order valence-electron chi connectivity index (χ1n) is 6.28. The van der Waals surface area contributed by atoms with Gasteiger partial charge in [-0.25, -0.2) is 0 Å². The molecule has 0 bridgehead atoms. The molecule has 4 N–H and O–H groups in total. The minimum absolute atomic E-state index is 0.163. The van der Waals surface area contributed by atoms with Crippen molar-refractivity contribution in [1.82, 2.24) is 0 Å². The van der Waals surface area contributed by atoms with E-state index in [0.29, 0.717) is 17.8 Å². The fourth-order valence-corrected chi connectivity index (χ4v) is 1.83. The Kier molecular flexibility index (Phi) is 5.21. The Labute approximate surface area is 123 Å². The number of anilines is 2. The van der Waals surface area contributed by atoms with Crippen molar-refractivity contribution >= 4 is 40.4 Å². The summed E-state index contributed by atoms with van der Waals surface area (Å²) < 4.78 is 0. The van der Waals surface area contributed by atoms with Gasteiger partial charge in [0.2, 0.25) is 11.8 Å². The van der Waals surface area contributed by atoms with Crippen molar-refractivity contribution in [3.05, 3.63) is 24.3 Å². The smallest absolute Gasteiger partial charge is 0.237 e. The van der Waals surface area contributed by atoms with E-state index in [4.69, 9.17) is 18.0 Å². The van der Waals surface area contributed by atoms with E-state index in [1.165, 1.54) is 6.92 Å². The SMILES string of the molecule is CCC(C)(C(=O)Nc1cccc(NC(C)=O)c1)C(N)=S. The van der Waals surface area contributed by atoms with E-state index in [0.717, 1.165) is 0 Å². The number of amides is 2. The zero-order valence-corrected chi connectivity index (χ0v) is 12.6. The number of carbonyl (C=O) groups excluding carboxylic acids is 2. The van der Waals surface area contributed by atoms with Crippen molar-refractivity contribution in [1.29, 1.82) is 0 Å². The van der Waals surface area contributed by atoms with Crippen LogP contribution in [-0.2, 0) is 9.59 Å². The van der Waals surface area contributed by atoms with Crippen LogP contribution in [0.5, 0.6) is 0 Å². The second-order valence-corrected chi connectivity index (χ2v) is 5.21. The number of hydrogen-bond acceptors (Lipinski definition) is 3. The number of nitrogens with one attached hydrogen (secondary N) is 2. The summed E-state index contributed by atoms with van der Waals surface area (Å²) in [7, 11) is 0. The fourth-order valence-electron chi connectivity index (χ4n) is 1.59. The molecule has 1 atom stereocenters. The molecule has 0 saturated carbocycles. The molecule has 6 heteroatoms. The summed E-state index contributed by atoms with van der Waals surface area (Å²) in [6, 6.07) is 6.89. The van der Waals surface area contributed by atoms with Crippen molar-refractivity contribution in [3.8, 4) is 0 Å². The Hall–Kier alpha value is -1.95. The van der Waals surface area contributed by atoms with Gasteiger partial charge < -0.3 is 16.4 Å². The van der Waals surface area contributed by atoms with Gasteiger partial charge in [-0.05, 0) is 31.5 Å². The van der Waals surface area contributed by atoms with Gasteiger partial charge in [-0.3, -0.25) is 9.59 Å². The molecule has 1 aromatic carbocycles. The largest absolute Gasteiger partial charge is 0.392 e. The first kappa shape index (κ1) is 16.1. The molecular formula is C14H19N3O2S. The van der Waals surface area contributed by atoms with E-state index in [-0.39, 0.29) is 16.8 Å². The lowest BCUT2D eigenvalue weighted by Gasteiger charge is -2.25. The number of carbonyl (C=O) groups is 2. The summed E-state index contributed by atoms with van der Waals surface area (Å²) >= 11 is 4.96. The van der Waals surface area contributed by atoms with E-state index >= 15 is 0 Å². The lowest BCUT2D eigenvalue weighted by atomic mass is 9.86. The van der Waals surface area contributed by atoms with Crippen molar-refractivity contribution in [2.24, 2.45) is 11.1 Å². The van der Waals surface area contributed by atoms with Crippen molar-refractivity contribution in [2.45, 2.75) is 27.2 Å². The standard InChI is InChI=1S/C14H19N3O2S/c1-4-14(3,12(15)20)13(19)17-11-7-5-6-10(8-11)16-9(2)18/h5-8H,4H2,1-3H3,(H2,15,20)(H,16,18)(H,17,19). The van der Waals surface area contributed by atoms with Crippen LogP contribution in [0.4, 0.5) is 11.4 Å². The van der Waals surface area contributed by atoms with Crippen LogP contribution in [0.15, 0.2) is 24.3 Å². The first-order chi connectivity index (χ1) is 9.29. The van der Waals surface area contributed by atoms with Gasteiger partial charge >= 0.3 is 0 Å². The number of nitrogens with two attached hydrogens (primary N) is 1. The lowest BCUT2D eigenvalue weighted by Crippen LogP contribution is -2.43. The summed E-state index contributed by atoms with van der Waals surface area (Å²) in [5.74, 6) is -0.428. The molecule has 0 spiro atoms. The minimum Gasteiger partial charge on any atom is -0.392 e. The van der Waals surface area contributed by atoms with Gasteiger partial charge in [0.25, 0.3) is 0 Å². The molecule has 5 nitrogen and oxygen atoms in total. The van der Waals surface area contributed by atoms with E-state index in [1.54, 1.807) is 31.2 Å². The average molecular weight is 293 g/mol. The van der Waals surface area contributed by atoms with E-state index < -0.39 is 5.41 Å². The maximum absolute atomic E-state index is 12.3. The van der Waals surface area contributed by atoms with Gasteiger partial charge in [0.15, 0.2) is 0 Å². The zero-order valence-electron chi connectivity index (χ0n) is 11.8. The summed E-state index contributed by atoms with van der Waals surface area (Å²) in [5.41, 5.74) is 5.95. The quantitative estimate of drug-likeness (QED) is 0.727. The predicted octanol–water partition coefficient (Wildman–Crippen LogP) is 2.29. The van der Waals surface area contributed by atoms with Gasteiger partial charge in [0.05, 0.1) is 10.4 Å². The highest BCUT2D eigenvalue weighted by atomic mass is 32.1. The van der Waals surface area contributed by atoms with Gasteiger partial charge in [-0.2, -0.15) is 0 Å². The fraction of sp³-hybridized carbons (Fsp3) is 0.357. The first-order valence-corrected chi connectivity index (χ1v) is 6.69. The maximum Gasteiger partial charge on any atom is 0.237 e. The van der Waals surface area contributed by atoms with Gasteiger partial charge in [0.1, 0.15) is 0 Å². The highest BCUT2D eigenvalue weighted by Crippen LogP contribution is 2.25. The molecule has 0 aromatic heterocycles. The lowest BCUT2D eigenvalue weighted by molar-refractivity contribution is -0.121. The molecular weight excluding hydrogens is 274 g/mol. The van der Waals surface area contributed by atoms with E-state index in [2.05, 4.69) is 10.6 Å². The van der Waals surface area contributed by atoms with Gasteiger partial charge in [-0.1, -0.05) is 25.2 Å². The molecule has 0 heterocycles.